The molecule has 1 saturated heterocycles. The number of nitrogens with zero attached hydrogens (tertiary/aromatic N) is 1. The van der Waals surface area contributed by atoms with E-state index in [1.165, 1.54) is 12.0 Å². The fourth-order valence-electron chi connectivity index (χ4n) is 2.74. The number of amides is 1. The Morgan fingerprint density at radius 1 is 1.41 bits per heavy atom. The van der Waals surface area contributed by atoms with Crippen LogP contribution < -0.4 is 10.6 Å². The topological polar surface area (TPSA) is 54.0 Å². The third-order valence-electron chi connectivity index (χ3n) is 4.04. The van der Waals surface area contributed by atoms with Crippen LogP contribution in [0, 0.1) is 5.92 Å². The molecular weight excluding hydrogens is 321 g/mol. The first-order valence-corrected chi connectivity index (χ1v) is 7.59. The highest BCUT2D eigenvalue weighted by atomic mass is 35.5. The Labute approximate surface area is 145 Å². The van der Waals surface area contributed by atoms with Gasteiger partial charge in [-0.1, -0.05) is 26.3 Å². The molecule has 1 aromatic heterocycles. The van der Waals surface area contributed by atoms with Crippen molar-refractivity contribution in [3.05, 3.63) is 30.1 Å². The summed E-state index contributed by atoms with van der Waals surface area (Å²) in [6.07, 6.45) is 6.95. The summed E-state index contributed by atoms with van der Waals surface area (Å²) in [7, 11) is 0. The molecule has 2 rings (SSSR count). The molecule has 0 radical (unpaired) electrons. The Balaban J connectivity index is 0.00000220. The minimum absolute atomic E-state index is 0. The van der Waals surface area contributed by atoms with Crippen LogP contribution >= 0.6 is 24.8 Å². The van der Waals surface area contributed by atoms with E-state index in [-0.39, 0.29) is 36.8 Å². The van der Waals surface area contributed by atoms with Crippen molar-refractivity contribution in [1.29, 1.82) is 0 Å². The molecule has 0 bridgehead atoms. The standard InChI is InChI=1S/C16H25N3O.2ClH/c1-12(2)14(13-6-5-8-17-10-13)11-19-16(20)15-7-3-4-9-18-15;;/h5-6,8,10,12,14-15,18H,3-4,7,9,11H2,1-2H3,(H,19,20);2*1H/t14?,15-;;/m1../s1. The molecule has 1 aromatic rings. The van der Waals surface area contributed by atoms with E-state index in [1.54, 1.807) is 6.20 Å². The zero-order valence-corrected chi connectivity index (χ0v) is 14.9. The molecule has 126 valence electrons. The van der Waals surface area contributed by atoms with Crippen molar-refractivity contribution >= 4 is 30.7 Å². The summed E-state index contributed by atoms with van der Waals surface area (Å²) in [5.41, 5.74) is 1.19. The number of hydrogen-bond donors (Lipinski definition) is 2. The molecule has 0 aliphatic carbocycles. The van der Waals surface area contributed by atoms with Gasteiger partial charge in [0.1, 0.15) is 0 Å². The van der Waals surface area contributed by atoms with Crippen LogP contribution in [-0.4, -0.2) is 30.0 Å². The molecule has 1 fully saturated rings. The summed E-state index contributed by atoms with van der Waals surface area (Å²) < 4.78 is 0. The second-order valence-corrected chi connectivity index (χ2v) is 5.88. The highest BCUT2D eigenvalue weighted by Crippen LogP contribution is 2.22. The van der Waals surface area contributed by atoms with Crippen LogP contribution in [-0.2, 0) is 4.79 Å². The van der Waals surface area contributed by atoms with E-state index in [0.717, 1.165) is 19.4 Å². The second kappa shape index (κ2) is 10.8. The third kappa shape index (κ3) is 6.11. The molecule has 2 atom stereocenters. The van der Waals surface area contributed by atoms with Crippen molar-refractivity contribution in [3.63, 3.8) is 0 Å². The summed E-state index contributed by atoms with van der Waals surface area (Å²) >= 11 is 0. The van der Waals surface area contributed by atoms with Crippen LogP contribution in [0.5, 0.6) is 0 Å². The fraction of sp³-hybridized carbons (Fsp3) is 0.625. The number of pyridine rings is 1. The maximum atomic E-state index is 12.2. The van der Waals surface area contributed by atoms with E-state index in [9.17, 15) is 4.79 Å². The Morgan fingerprint density at radius 2 is 2.18 bits per heavy atom. The van der Waals surface area contributed by atoms with Gasteiger partial charge in [-0.2, -0.15) is 0 Å². The number of aromatic nitrogens is 1. The Kier molecular flexibility index (Phi) is 10.4. The monoisotopic (exact) mass is 347 g/mol. The molecule has 0 saturated carbocycles. The molecule has 6 heteroatoms. The van der Waals surface area contributed by atoms with E-state index in [0.29, 0.717) is 18.4 Å². The van der Waals surface area contributed by atoms with E-state index >= 15 is 0 Å². The number of nitrogens with one attached hydrogen (secondary N) is 2. The summed E-state index contributed by atoms with van der Waals surface area (Å²) in [4.78, 5) is 16.3. The number of carbonyl (C=O) groups is 1. The zero-order valence-electron chi connectivity index (χ0n) is 13.2. The molecule has 0 aromatic carbocycles. The van der Waals surface area contributed by atoms with Crippen molar-refractivity contribution in [1.82, 2.24) is 15.6 Å². The van der Waals surface area contributed by atoms with Crippen LogP contribution in [0.25, 0.3) is 0 Å². The summed E-state index contributed by atoms with van der Waals surface area (Å²) in [6.45, 7) is 6.00. The van der Waals surface area contributed by atoms with E-state index in [1.807, 2.05) is 12.3 Å². The average molecular weight is 348 g/mol. The van der Waals surface area contributed by atoms with Gasteiger partial charge in [-0.15, -0.1) is 24.8 Å². The van der Waals surface area contributed by atoms with Crippen LogP contribution in [0.15, 0.2) is 24.5 Å². The number of halogens is 2. The molecule has 0 spiro atoms. The van der Waals surface area contributed by atoms with Crippen LogP contribution in [0.1, 0.15) is 44.6 Å². The molecule has 1 unspecified atom stereocenters. The van der Waals surface area contributed by atoms with Crippen LogP contribution in [0.3, 0.4) is 0 Å². The maximum Gasteiger partial charge on any atom is 0.237 e. The Bertz CT molecular complexity index is 423. The molecule has 4 nitrogen and oxygen atoms in total. The summed E-state index contributed by atoms with van der Waals surface area (Å²) in [5.74, 6) is 0.925. The first-order chi connectivity index (χ1) is 9.68. The Hall–Kier alpha value is -0.840. The average Bonchev–Trinajstić information content (AvgIpc) is 2.49. The zero-order chi connectivity index (χ0) is 14.4. The van der Waals surface area contributed by atoms with E-state index < -0.39 is 0 Å². The van der Waals surface area contributed by atoms with Gasteiger partial charge in [0.25, 0.3) is 0 Å². The predicted octanol–water partition coefficient (Wildman–Crippen LogP) is 2.92. The number of hydrogen-bond acceptors (Lipinski definition) is 3. The SMILES string of the molecule is CC(C)C(CNC(=O)[C@H]1CCCCN1)c1cccnc1.Cl.Cl. The highest BCUT2D eigenvalue weighted by Gasteiger charge is 2.22. The van der Waals surface area contributed by atoms with Gasteiger partial charge in [0.2, 0.25) is 5.91 Å². The normalized spacial score (nSPS) is 18.8. The smallest absolute Gasteiger partial charge is 0.237 e. The van der Waals surface area contributed by atoms with E-state index in [2.05, 4.69) is 35.5 Å². The van der Waals surface area contributed by atoms with Crippen molar-refractivity contribution in [2.75, 3.05) is 13.1 Å². The molecule has 1 aliphatic rings. The Morgan fingerprint density at radius 3 is 2.73 bits per heavy atom. The summed E-state index contributed by atoms with van der Waals surface area (Å²) in [5, 5.41) is 6.39. The van der Waals surface area contributed by atoms with Crippen molar-refractivity contribution < 1.29 is 4.79 Å². The molecule has 1 aliphatic heterocycles. The lowest BCUT2D eigenvalue weighted by molar-refractivity contribution is -0.123. The number of rotatable bonds is 5. The van der Waals surface area contributed by atoms with Crippen LogP contribution in [0.2, 0.25) is 0 Å². The lowest BCUT2D eigenvalue weighted by atomic mass is 9.89. The van der Waals surface area contributed by atoms with Gasteiger partial charge >= 0.3 is 0 Å². The van der Waals surface area contributed by atoms with Crippen molar-refractivity contribution in [3.8, 4) is 0 Å². The van der Waals surface area contributed by atoms with Gasteiger partial charge in [0.15, 0.2) is 0 Å². The second-order valence-electron chi connectivity index (χ2n) is 5.88. The van der Waals surface area contributed by atoms with Crippen LogP contribution in [0.4, 0.5) is 0 Å². The lowest BCUT2D eigenvalue weighted by Crippen LogP contribution is -2.47. The van der Waals surface area contributed by atoms with Gasteiger partial charge < -0.3 is 10.6 Å². The van der Waals surface area contributed by atoms with E-state index in [4.69, 9.17) is 0 Å². The highest BCUT2D eigenvalue weighted by molar-refractivity contribution is 5.85. The maximum absolute atomic E-state index is 12.2. The molecule has 22 heavy (non-hydrogen) atoms. The molecule has 1 amide bonds. The lowest BCUT2D eigenvalue weighted by Gasteiger charge is -2.25. The molecule has 2 heterocycles. The minimum atomic E-state index is -0.00883. The first kappa shape index (κ1) is 21.2. The van der Waals surface area contributed by atoms with Crippen molar-refractivity contribution in [2.24, 2.45) is 5.92 Å². The quantitative estimate of drug-likeness (QED) is 0.860. The number of piperidine rings is 1. The van der Waals surface area contributed by atoms with Gasteiger partial charge in [-0.3, -0.25) is 9.78 Å². The first-order valence-electron chi connectivity index (χ1n) is 7.59. The molecular formula is C16H27Cl2N3O. The summed E-state index contributed by atoms with van der Waals surface area (Å²) in [6, 6.07) is 4.03. The van der Waals surface area contributed by atoms with Gasteiger partial charge in [-0.05, 0) is 36.9 Å². The van der Waals surface area contributed by atoms with Gasteiger partial charge in [0.05, 0.1) is 6.04 Å². The third-order valence-corrected chi connectivity index (χ3v) is 4.04. The fourth-order valence-corrected chi connectivity index (χ4v) is 2.74. The molecule has 2 N–H and O–H groups in total. The minimum Gasteiger partial charge on any atom is -0.354 e. The van der Waals surface area contributed by atoms with Gasteiger partial charge in [0, 0.05) is 24.9 Å². The predicted molar refractivity (Wildman–Crippen MR) is 95.0 cm³/mol. The number of carbonyl (C=O) groups excluding carboxylic acids is 1. The van der Waals surface area contributed by atoms with Gasteiger partial charge in [-0.25, -0.2) is 0 Å². The van der Waals surface area contributed by atoms with Crippen molar-refractivity contribution in [2.45, 2.75) is 45.1 Å². The largest absolute Gasteiger partial charge is 0.354 e.